The van der Waals surface area contributed by atoms with E-state index in [4.69, 9.17) is 5.73 Å². The van der Waals surface area contributed by atoms with Gasteiger partial charge in [-0.3, -0.25) is 4.72 Å². The molecule has 0 aliphatic heterocycles. The highest BCUT2D eigenvalue weighted by Gasteiger charge is 2.19. The minimum absolute atomic E-state index is 0.109. The Balaban J connectivity index is 2.29. The van der Waals surface area contributed by atoms with Gasteiger partial charge in [-0.1, -0.05) is 0 Å². The van der Waals surface area contributed by atoms with Gasteiger partial charge in [-0.2, -0.15) is 0 Å². The molecule has 1 aromatic heterocycles. The first-order valence-corrected chi connectivity index (χ1v) is 8.23. The van der Waals surface area contributed by atoms with Crippen LogP contribution >= 0.6 is 15.9 Å². The monoisotopic (exact) mass is 385 g/mol. The van der Waals surface area contributed by atoms with Crippen molar-refractivity contribution in [2.24, 2.45) is 0 Å². The number of nitrogen functional groups attached to an aromatic ring is 1. The fourth-order valence-electron chi connectivity index (χ4n) is 1.65. The van der Waals surface area contributed by atoms with E-state index in [-0.39, 0.29) is 16.4 Å². The van der Waals surface area contributed by atoms with E-state index in [9.17, 15) is 13.2 Å². The van der Waals surface area contributed by atoms with E-state index in [1.54, 1.807) is 0 Å². The van der Waals surface area contributed by atoms with Crippen LogP contribution in [0, 0.1) is 0 Å². The van der Waals surface area contributed by atoms with Gasteiger partial charge in [0.2, 0.25) is 0 Å². The molecule has 0 spiro atoms. The zero-order valence-corrected chi connectivity index (χ0v) is 13.8. The molecule has 0 bridgehead atoms. The summed E-state index contributed by atoms with van der Waals surface area (Å²) < 4.78 is 32.0. The SMILES string of the molecule is COC(=O)c1ccc(NS(=O)(=O)c2cc(Br)cnc2N)cc1. The Hall–Kier alpha value is -2.13. The Labute approximate surface area is 135 Å². The Morgan fingerprint density at radius 3 is 2.55 bits per heavy atom. The van der Waals surface area contributed by atoms with Crippen LogP contribution in [0.25, 0.3) is 0 Å². The number of hydrogen-bond acceptors (Lipinski definition) is 6. The van der Waals surface area contributed by atoms with Gasteiger partial charge in [-0.05, 0) is 46.3 Å². The number of sulfonamides is 1. The Morgan fingerprint density at radius 1 is 1.32 bits per heavy atom. The minimum Gasteiger partial charge on any atom is -0.465 e. The van der Waals surface area contributed by atoms with Gasteiger partial charge in [0.1, 0.15) is 10.7 Å². The number of carbonyl (C=O) groups is 1. The van der Waals surface area contributed by atoms with Crippen LogP contribution in [0.1, 0.15) is 10.4 Å². The summed E-state index contributed by atoms with van der Waals surface area (Å²) in [6.07, 6.45) is 1.40. The summed E-state index contributed by atoms with van der Waals surface area (Å²) in [5.74, 6) is -0.614. The molecule has 22 heavy (non-hydrogen) atoms. The topological polar surface area (TPSA) is 111 Å². The molecular weight excluding hydrogens is 374 g/mol. The van der Waals surface area contributed by atoms with Gasteiger partial charge in [-0.15, -0.1) is 0 Å². The summed E-state index contributed by atoms with van der Waals surface area (Å²) in [6.45, 7) is 0. The van der Waals surface area contributed by atoms with Crippen LogP contribution in [0.5, 0.6) is 0 Å². The fourth-order valence-corrected chi connectivity index (χ4v) is 3.30. The van der Waals surface area contributed by atoms with Crippen LogP contribution in [-0.2, 0) is 14.8 Å². The van der Waals surface area contributed by atoms with Gasteiger partial charge < -0.3 is 10.5 Å². The van der Waals surface area contributed by atoms with Crippen molar-refractivity contribution < 1.29 is 17.9 Å². The summed E-state index contributed by atoms with van der Waals surface area (Å²) >= 11 is 3.15. The molecule has 1 heterocycles. The summed E-state index contributed by atoms with van der Waals surface area (Å²) in [5.41, 5.74) is 6.20. The van der Waals surface area contributed by atoms with Crippen molar-refractivity contribution in [1.29, 1.82) is 0 Å². The standard InChI is InChI=1S/C13H12BrN3O4S/c1-21-13(18)8-2-4-10(5-3-8)17-22(19,20)11-6-9(14)7-16-12(11)15/h2-7,17H,1H3,(H2,15,16). The average Bonchev–Trinajstić information content (AvgIpc) is 2.49. The summed E-state index contributed by atoms with van der Waals surface area (Å²) in [5, 5.41) is 0. The average molecular weight is 386 g/mol. The number of nitrogens with one attached hydrogen (secondary N) is 1. The van der Waals surface area contributed by atoms with Crippen molar-refractivity contribution in [3.63, 3.8) is 0 Å². The lowest BCUT2D eigenvalue weighted by molar-refractivity contribution is 0.0601. The third-order valence-electron chi connectivity index (χ3n) is 2.70. The number of esters is 1. The third kappa shape index (κ3) is 3.55. The molecule has 0 atom stereocenters. The molecule has 9 heteroatoms. The molecule has 0 saturated carbocycles. The van der Waals surface area contributed by atoms with E-state index < -0.39 is 16.0 Å². The van der Waals surface area contributed by atoms with Crippen LogP contribution in [0.2, 0.25) is 0 Å². The molecule has 116 valence electrons. The molecular formula is C13H12BrN3O4S. The number of anilines is 2. The predicted octanol–water partition coefficient (Wildman–Crippen LogP) is 2.01. The highest BCUT2D eigenvalue weighted by Crippen LogP contribution is 2.23. The van der Waals surface area contributed by atoms with E-state index >= 15 is 0 Å². The first-order valence-electron chi connectivity index (χ1n) is 5.95. The minimum atomic E-state index is -3.89. The second kappa shape index (κ2) is 6.32. The number of hydrogen-bond donors (Lipinski definition) is 2. The quantitative estimate of drug-likeness (QED) is 0.778. The second-order valence-electron chi connectivity index (χ2n) is 4.21. The molecule has 0 fully saturated rings. The van der Waals surface area contributed by atoms with E-state index in [1.165, 1.54) is 43.6 Å². The Bertz CT molecular complexity index is 807. The number of benzene rings is 1. The number of halogens is 1. The number of nitrogens with two attached hydrogens (primary N) is 1. The van der Waals surface area contributed by atoms with E-state index in [0.717, 1.165) is 0 Å². The maximum atomic E-state index is 12.3. The van der Waals surface area contributed by atoms with Crippen molar-refractivity contribution in [2.45, 2.75) is 4.90 Å². The maximum Gasteiger partial charge on any atom is 0.337 e. The number of nitrogens with zero attached hydrogens (tertiary/aromatic N) is 1. The molecule has 0 aliphatic carbocycles. The molecule has 3 N–H and O–H groups in total. The number of carbonyl (C=O) groups excluding carboxylic acids is 1. The lowest BCUT2D eigenvalue weighted by Crippen LogP contribution is -2.15. The zero-order valence-electron chi connectivity index (χ0n) is 11.4. The first kappa shape index (κ1) is 16.2. The van der Waals surface area contributed by atoms with Gasteiger partial charge in [-0.25, -0.2) is 18.2 Å². The van der Waals surface area contributed by atoms with Crippen molar-refractivity contribution in [3.8, 4) is 0 Å². The normalized spacial score (nSPS) is 11.0. The van der Waals surface area contributed by atoms with Crippen LogP contribution in [0.15, 0.2) is 45.9 Å². The summed E-state index contributed by atoms with van der Waals surface area (Å²) in [7, 11) is -2.62. The molecule has 0 saturated heterocycles. The maximum absolute atomic E-state index is 12.3. The number of methoxy groups -OCH3 is 1. The smallest absolute Gasteiger partial charge is 0.337 e. The number of rotatable bonds is 4. The second-order valence-corrected chi connectivity index (χ2v) is 6.78. The molecule has 1 aromatic carbocycles. The summed E-state index contributed by atoms with van der Waals surface area (Å²) in [6, 6.07) is 7.16. The van der Waals surface area contributed by atoms with Gasteiger partial charge in [0, 0.05) is 16.4 Å². The van der Waals surface area contributed by atoms with Crippen LogP contribution in [0.3, 0.4) is 0 Å². The number of ether oxygens (including phenoxy) is 1. The lowest BCUT2D eigenvalue weighted by atomic mass is 10.2. The van der Waals surface area contributed by atoms with E-state index in [0.29, 0.717) is 10.0 Å². The van der Waals surface area contributed by atoms with Crippen LogP contribution in [0.4, 0.5) is 11.5 Å². The highest BCUT2D eigenvalue weighted by atomic mass is 79.9. The summed E-state index contributed by atoms with van der Waals surface area (Å²) in [4.78, 5) is 15.0. The van der Waals surface area contributed by atoms with Gasteiger partial charge in [0.15, 0.2) is 0 Å². The van der Waals surface area contributed by atoms with Crippen molar-refractivity contribution >= 4 is 43.4 Å². The van der Waals surface area contributed by atoms with Gasteiger partial charge in [0.25, 0.3) is 10.0 Å². The third-order valence-corrected chi connectivity index (χ3v) is 4.54. The fraction of sp³-hybridized carbons (Fsp3) is 0.0769. The zero-order chi connectivity index (χ0) is 16.3. The van der Waals surface area contributed by atoms with Gasteiger partial charge in [0.05, 0.1) is 12.7 Å². The number of pyridine rings is 1. The predicted molar refractivity (Wildman–Crippen MR) is 84.9 cm³/mol. The highest BCUT2D eigenvalue weighted by molar-refractivity contribution is 9.10. The van der Waals surface area contributed by atoms with E-state index in [2.05, 4.69) is 30.4 Å². The molecule has 7 nitrogen and oxygen atoms in total. The molecule has 0 radical (unpaired) electrons. The number of aromatic nitrogens is 1. The van der Waals surface area contributed by atoms with Crippen LogP contribution in [-0.4, -0.2) is 26.5 Å². The Morgan fingerprint density at radius 2 is 1.95 bits per heavy atom. The van der Waals surface area contributed by atoms with Crippen molar-refractivity contribution in [2.75, 3.05) is 17.6 Å². The first-order chi connectivity index (χ1) is 10.3. The van der Waals surface area contributed by atoms with Gasteiger partial charge >= 0.3 is 5.97 Å². The van der Waals surface area contributed by atoms with Crippen LogP contribution < -0.4 is 10.5 Å². The van der Waals surface area contributed by atoms with Crippen molar-refractivity contribution in [3.05, 3.63) is 46.6 Å². The molecule has 0 amide bonds. The molecule has 2 rings (SSSR count). The molecule has 0 aliphatic rings. The Kier molecular flexibility index (Phi) is 4.67. The molecule has 2 aromatic rings. The van der Waals surface area contributed by atoms with E-state index in [1.807, 2.05) is 0 Å². The lowest BCUT2D eigenvalue weighted by Gasteiger charge is -2.10. The van der Waals surface area contributed by atoms with Crippen molar-refractivity contribution in [1.82, 2.24) is 4.98 Å². The largest absolute Gasteiger partial charge is 0.465 e. The molecule has 0 unspecified atom stereocenters.